The quantitative estimate of drug-likeness (QED) is 0.262. The predicted molar refractivity (Wildman–Crippen MR) is 123 cm³/mol. The first kappa shape index (κ1) is 25.1. The fourth-order valence-electron chi connectivity index (χ4n) is 3.68. The van der Waals surface area contributed by atoms with E-state index in [0.717, 1.165) is 5.57 Å². The number of benzene rings is 1. The summed E-state index contributed by atoms with van der Waals surface area (Å²) in [6.07, 6.45) is 6.62. The van der Waals surface area contributed by atoms with E-state index in [1.165, 1.54) is 28.1 Å². The molecule has 34 heavy (non-hydrogen) atoms. The minimum absolute atomic E-state index is 0.0363. The molecule has 0 aromatic heterocycles. The van der Waals surface area contributed by atoms with Gasteiger partial charge in [0.1, 0.15) is 12.4 Å². The van der Waals surface area contributed by atoms with E-state index in [0.29, 0.717) is 30.1 Å². The number of alkyl halides is 2. The standard InChI is InChI=1S/C22H23ClF2N6O3/c1-2-30(19(33)12-32)18-11-31(29-20(18)14-6-8-15(23)9-7-14)22(27-13-26)28-16-4-3-5-17(10-16)34-21(24)25/h3-6,8,10,18,21,32H,2,7,9,11-12H2,1H3,(H,27,28)/t18-/m0/s1. The van der Waals surface area contributed by atoms with E-state index in [9.17, 15) is 23.9 Å². The number of hydrazone groups is 1. The molecule has 1 aliphatic carbocycles. The van der Waals surface area contributed by atoms with Crippen LogP contribution in [0.1, 0.15) is 19.8 Å². The van der Waals surface area contributed by atoms with E-state index in [1.54, 1.807) is 25.3 Å². The van der Waals surface area contributed by atoms with Crippen molar-refractivity contribution in [2.24, 2.45) is 10.1 Å². The average molecular weight is 493 g/mol. The number of nitriles is 1. The van der Waals surface area contributed by atoms with Crippen LogP contribution in [0.25, 0.3) is 0 Å². The van der Waals surface area contributed by atoms with Crippen LogP contribution in [0.5, 0.6) is 5.75 Å². The lowest BCUT2D eigenvalue weighted by Gasteiger charge is -2.29. The van der Waals surface area contributed by atoms with Crippen molar-refractivity contribution in [2.75, 3.05) is 19.7 Å². The second-order valence-corrected chi connectivity index (χ2v) is 7.76. The summed E-state index contributed by atoms with van der Waals surface area (Å²) in [6, 6.07) is 5.19. The zero-order valence-electron chi connectivity index (χ0n) is 18.3. The number of aliphatic hydroxyl groups excluding tert-OH is 1. The summed E-state index contributed by atoms with van der Waals surface area (Å²) in [6.45, 7) is -1.37. The third kappa shape index (κ3) is 6.09. The van der Waals surface area contributed by atoms with Crippen LogP contribution in [0.2, 0.25) is 0 Å². The van der Waals surface area contributed by atoms with Crippen molar-refractivity contribution in [1.82, 2.24) is 15.2 Å². The lowest BCUT2D eigenvalue weighted by Crippen LogP contribution is -2.49. The van der Waals surface area contributed by atoms with Gasteiger partial charge in [-0.15, -0.1) is 0 Å². The van der Waals surface area contributed by atoms with E-state index in [2.05, 4.69) is 20.1 Å². The highest BCUT2D eigenvalue weighted by Crippen LogP contribution is 2.28. The number of aliphatic imine (C=N–C) groups is 1. The molecule has 0 bridgehead atoms. The summed E-state index contributed by atoms with van der Waals surface area (Å²) in [5, 5.41) is 27.9. The number of guanidine groups is 1. The Bertz CT molecular complexity index is 1080. The molecule has 0 fully saturated rings. The first-order valence-corrected chi connectivity index (χ1v) is 10.8. The van der Waals surface area contributed by atoms with Gasteiger partial charge in [0.05, 0.1) is 24.0 Å². The first-order chi connectivity index (χ1) is 16.4. The van der Waals surface area contributed by atoms with Crippen molar-refractivity contribution < 1.29 is 23.4 Å². The molecule has 1 atom stereocenters. The molecular weight excluding hydrogens is 470 g/mol. The van der Waals surface area contributed by atoms with Crippen LogP contribution in [0.4, 0.5) is 14.5 Å². The fraction of sp³-hybridized carbons (Fsp3) is 0.364. The zero-order chi connectivity index (χ0) is 24.7. The molecule has 1 aromatic carbocycles. The highest BCUT2D eigenvalue weighted by molar-refractivity contribution is 6.30. The number of rotatable bonds is 7. The number of nitrogens with one attached hydrogen (secondary N) is 1. The third-order valence-corrected chi connectivity index (χ3v) is 5.49. The van der Waals surface area contributed by atoms with Gasteiger partial charge in [-0.05, 0) is 43.5 Å². The molecule has 1 amide bonds. The van der Waals surface area contributed by atoms with Crippen molar-refractivity contribution in [3.63, 3.8) is 0 Å². The Morgan fingerprint density at radius 3 is 2.88 bits per heavy atom. The number of ether oxygens (including phenoxy) is 1. The van der Waals surface area contributed by atoms with Gasteiger partial charge in [-0.3, -0.25) is 10.1 Å². The van der Waals surface area contributed by atoms with Crippen LogP contribution in [-0.2, 0) is 4.79 Å². The maximum absolute atomic E-state index is 12.6. The average Bonchev–Trinajstić information content (AvgIpc) is 3.24. The molecule has 1 heterocycles. The highest BCUT2D eigenvalue weighted by Gasteiger charge is 2.37. The number of hydrogen-bond donors (Lipinski definition) is 2. The van der Waals surface area contributed by atoms with Crippen LogP contribution in [0.15, 0.2) is 57.1 Å². The summed E-state index contributed by atoms with van der Waals surface area (Å²) in [5.41, 5.74) is 1.71. The number of carbonyl (C=O) groups is 1. The molecule has 0 saturated carbocycles. The third-order valence-electron chi connectivity index (χ3n) is 5.18. The lowest BCUT2D eigenvalue weighted by molar-refractivity contribution is -0.135. The summed E-state index contributed by atoms with van der Waals surface area (Å²) >= 11 is 6.09. The minimum Gasteiger partial charge on any atom is -0.435 e. The molecule has 0 radical (unpaired) electrons. The Kier molecular flexibility index (Phi) is 8.56. The predicted octanol–water partition coefficient (Wildman–Crippen LogP) is 3.07. The first-order valence-electron chi connectivity index (χ1n) is 10.5. The molecule has 2 aliphatic rings. The number of hydrogen-bond acceptors (Lipinski definition) is 6. The van der Waals surface area contributed by atoms with E-state index < -0.39 is 25.2 Å². The minimum atomic E-state index is -2.99. The van der Waals surface area contributed by atoms with E-state index in [1.807, 2.05) is 6.08 Å². The zero-order valence-corrected chi connectivity index (χ0v) is 19.0. The van der Waals surface area contributed by atoms with Crippen molar-refractivity contribution in [2.45, 2.75) is 32.4 Å². The molecule has 9 nitrogen and oxygen atoms in total. The van der Waals surface area contributed by atoms with Crippen molar-refractivity contribution in [3.8, 4) is 11.9 Å². The van der Waals surface area contributed by atoms with Gasteiger partial charge in [-0.1, -0.05) is 23.7 Å². The lowest BCUT2D eigenvalue weighted by atomic mass is 9.95. The molecule has 180 valence electrons. The van der Waals surface area contributed by atoms with Crippen molar-refractivity contribution in [1.29, 1.82) is 5.26 Å². The van der Waals surface area contributed by atoms with Gasteiger partial charge < -0.3 is 14.7 Å². The van der Waals surface area contributed by atoms with Gasteiger partial charge >= 0.3 is 6.61 Å². The summed E-state index contributed by atoms with van der Waals surface area (Å²) in [4.78, 5) is 18.3. The van der Waals surface area contributed by atoms with Gasteiger partial charge in [-0.2, -0.15) is 19.1 Å². The summed E-state index contributed by atoms with van der Waals surface area (Å²) in [5.74, 6) is -0.512. The SMILES string of the molecule is CCN(C(=O)CO)[C@H]1CN(C(=Nc2cccc(OC(F)F)c2)NC#N)N=C1C1=CC=C(Cl)CC1. The summed E-state index contributed by atoms with van der Waals surface area (Å²) < 4.78 is 29.5. The maximum Gasteiger partial charge on any atom is 0.387 e. The monoisotopic (exact) mass is 492 g/mol. The second kappa shape index (κ2) is 11.6. The van der Waals surface area contributed by atoms with Crippen LogP contribution in [0.3, 0.4) is 0 Å². The second-order valence-electron chi connectivity index (χ2n) is 7.27. The van der Waals surface area contributed by atoms with Gasteiger partial charge in [0, 0.05) is 17.6 Å². The molecule has 0 saturated heterocycles. The molecule has 12 heteroatoms. The molecule has 0 spiro atoms. The largest absolute Gasteiger partial charge is 0.435 e. The smallest absolute Gasteiger partial charge is 0.387 e. The van der Waals surface area contributed by atoms with Crippen LogP contribution in [0, 0.1) is 11.5 Å². The molecule has 1 aliphatic heterocycles. The van der Waals surface area contributed by atoms with Crippen molar-refractivity contribution >= 4 is 34.9 Å². The maximum atomic E-state index is 12.6. The molecule has 3 rings (SSSR count). The van der Waals surface area contributed by atoms with Crippen LogP contribution < -0.4 is 10.1 Å². The van der Waals surface area contributed by atoms with E-state index in [4.69, 9.17) is 11.6 Å². The Balaban J connectivity index is 1.99. The van der Waals surface area contributed by atoms with Gasteiger partial charge in [0.2, 0.25) is 11.9 Å². The van der Waals surface area contributed by atoms with Crippen molar-refractivity contribution in [3.05, 3.63) is 47.0 Å². The van der Waals surface area contributed by atoms with Crippen LogP contribution in [-0.4, -0.2) is 64.9 Å². The normalized spacial score (nSPS) is 18.1. The van der Waals surface area contributed by atoms with E-state index in [-0.39, 0.29) is 23.9 Å². The molecule has 0 unspecified atom stereocenters. The summed E-state index contributed by atoms with van der Waals surface area (Å²) in [7, 11) is 0. The topological polar surface area (TPSA) is 114 Å². The Labute approximate surface area is 200 Å². The van der Waals surface area contributed by atoms with Crippen LogP contribution >= 0.6 is 11.6 Å². The Morgan fingerprint density at radius 1 is 1.47 bits per heavy atom. The number of aliphatic hydroxyl groups is 1. The number of amides is 1. The Morgan fingerprint density at radius 2 is 2.26 bits per heavy atom. The number of nitrogens with zero attached hydrogens (tertiary/aromatic N) is 5. The van der Waals surface area contributed by atoms with Gasteiger partial charge in [0.15, 0.2) is 6.19 Å². The van der Waals surface area contributed by atoms with E-state index >= 15 is 0 Å². The number of likely N-dealkylation sites (N-methyl/N-ethyl adjacent to an activating group) is 1. The molecular formula is C22H23ClF2N6O3. The van der Waals surface area contributed by atoms with Gasteiger partial charge in [0.25, 0.3) is 0 Å². The highest BCUT2D eigenvalue weighted by atomic mass is 35.5. The fourth-order valence-corrected chi connectivity index (χ4v) is 3.84. The molecule has 2 N–H and O–H groups in total. The Hall–Kier alpha value is -3.49. The number of halogens is 3. The number of carbonyl (C=O) groups excluding carboxylic acids is 1. The number of allylic oxidation sites excluding steroid dienone is 3. The molecule has 1 aromatic rings. The van der Waals surface area contributed by atoms with Gasteiger partial charge in [-0.25, -0.2) is 10.0 Å².